The Bertz CT molecular complexity index is 1140. The molecule has 5 rings (SSSR count). The zero-order chi connectivity index (χ0) is 20.8. The number of fused-ring (bicyclic) bond motifs is 5. The number of nitrogens with zero attached hydrogens (tertiary/aromatic N) is 4. The number of rotatable bonds is 1. The monoisotopic (exact) mass is 410 g/mol. The first kappa shape index (κ1) is 18.5. The quantitative estimate of drug-likeness (QED) is 0.443. The molecule has 30 heavy (non-hydrogen) atoms. The van der Waals surface area contributed by atoms with Crippen LogP contribution in [0.1, 0.15) is 22.8 Å². The summed E-state index contributed by atoms with van der Waals surface area (Å²) in [5.74, 6) is 0.751. The lowest BCUT2D eigenvalue weighted by Crippen LogP contribution is -2.31. The molecule has 0 radical (unpaired) electrons. The van der Waals surface area contributed by atoms with Crippen molar-refractivity contribution in [2.45, 2.75) is 19.6 Å². The minimum atomic E-state index is -0.489. The number of benzene rings is 1. The van der Waals surface area contributed by atoms with Crippen molar-refractivity contribution in [3.8, 4) is 0 Å². The third-order valence-electron chi connectivity index (χ3n) is 5.03. The highest BCUT2D eigenvalue weighted by Gasteiger charge is 2.23. The van der Waals surface area contributed by atoms with Crippen molar-refractivity contribution in [3.05, 3.63) is 35.5 Å². The van der Waals surface area contributed by atoms with Crippen molar-refractivity contribution in [1.29, 1.82) is 0 Å². The van der Waals surface area contributed by atoms with E-state index in [2.05, 4.69) is 31.7 Å². The number of anilines is 5. The van der Waals surface area contributed by atoms with E-state index in [1.165, 1.54) is 6.20 Å². The Hall–Kier alpha value is -3.57. The van der Waals surface area contributed by atoms with E-state index in [0.717, 1.165) is 22.6 Å². The highest BCUT2D eigenvalue weighted by Crippen LogP contribution is 2.38. The van der Waals surface area contributed by atoms with Gasteiger partial charge in [0.15, 0.2) is 5.65 Å². The van der Waals surface area contributed by atoms with Crippen LogP contribution in [0.3, 0.4) is 0 Å². The second kappa shape index (κ2) is 7.04. The number of carbonyl (C=O) groups is 1. The van der Waals surface area contributed by atoms with Gasteiger partial charge in [0, 0.05) is 20.2 Å². The molecule has 11 heteroatoms. The lowest BCUT2D eigenvalue weighted by atomic mass is 10.1. The Morgan fingerprint density at radius 2 is 2.17 bits per heavy atom. The zero-order valence-corrected chi connectivity index (χ0v) is 16.8. The molecule has 4 N–H and O–H groups in total. The van der Waals surface area contributed by atoms with Gasteiger partial charge in [-0.2, -0.15) is 9.61 Å². The number of hydrogen-bond donors (Lipinski definition) is 4. The molecular weight excluding hydrogens is 388 g/mol. The third-order valence-corrected chi connectivity index (χ3v) is 5.03. The highest BCUT2D eigenvalue weighted by molar-refractivity contribution is 5.96. The fourth-order valence-electron chi connectivity index (χ4n) is 3.57. The minimum Gasteiger partial charge on any atom is -0.456 e. The molecule has 0 fully saturated rings. The predicted molar refractivity (Wildman–Crippen MR) is 112 cm³/mol. The van der Waals surface area contributed by atoms with Crippen molar-refractivity contribution in [2.24, 2.45) is 0 Å². The lowest BCUT2D eigenvalue weighted by Gasteiger charge is -2.17. The maximum atomic E-state index is 12.7. The second-order valence-corrected chi connectivity index (χ2v) is 7.26. The van der Waals surface area contributed by atoms with Gasteiger partial charge in [0.1, 0.15) is 23.3 Å². The Kier molecular flexibility index (Phi) is 4.33. The van der Waals surface area contributed by atoms with Crippen molar-refractivity contribution < 1.29 is 14.3 Å². The number of nitrogens with one attached hydrogen (secondary N) is 4. The van der Waals surface area contributed by atoms with Gasteiger partial charge in [0.25, 0.3) is 0 Å². The van der Waals surface area contributed by atoms with Crippen LogP contribution in [0.25, 0.3) is 5.65 Å². The molecule has 0 spiro atoms. The molecule has 1 atom stereocenters. The predicted octanol–water partition coefficient (Wildman–Crippen LogP) is 1.87. The summed E-state index contributed by atoms with van der Waals surface area (Å²) in [5, 5.41) is 12.6. The van der Waals surface area contributed by atoms with Gasteiger partial charge < -0.3 is 20.1 Å². The van der Waals surface area contributed by atoms with E-state index >= 15 is 0 Å². The summed E-state index contributed by atoms with van der Waals surface area (Å²) in [7, 11) is 3.71. The standard InChI is InChI=1S/C19H22N8O3/c1-10-8-29-9-11-4-13(17-14(5-11)26(3)25-24-17)22-15-6-16(20-2)27-18(23-15)12(7-21-27)19(28)30-10/h4-7,10,20,24-25H,8-9H2,1-3H3,(H,22,23). The molecule has 0 amide bonds. The first-order chi connectivity index (χ1) is 14.5. The Morgan fingerprint density at radius 1 is 1.30 bits per heavy atom. The fraction of sp³-hybridized carbons (Fsp3) is 0.316. The molecule has 0 saturated heterocycles. The summed E-state index contributed by atoms with van der Waals surface area (Å²) in [6.45, 7) is 2.45. The van der Waals surface area contributed by atoms with Gasteiger partial charge in [-0.15, -0.1) is 5.53 Å². The number of hydrazine groups is 2. The Balaban J connectivity index is 1.68. The summed E-state index contributed by atoms with van der Waals surface area (Å²) >= 11 is 0. The maximum absolute atomic E-state index is 12.7. The Morgan fingerprint density at radius 3 is 3.00 bits per heavy atom. The van der Waals surface area contributed by atoms with Gasteiger partial charge in [0.2, 0.25) is 0 Å². The summed E-state index contributed by atoms with van der Waals surface area (Å²) in [5.41, 5.74) is 10.6. The van der Waals surface area contributed by atoms with E-state index in [9.17, 15) is 4.79 Å². The first-order valence-corrected chi connectivity index (χ1v) is 9.58. The molecule has 11 nitrogen and oxygen atoms in total. The SMILES string of the molecule is CNc1cc2nc3c(cnn13)C(=O)OC(C)COCc1cc(c3c(c1)N(C)NN3)N2. The number of carbonyl (C=O) groups excluding carboxylic acids is 1. The normalized spacial score (nSPS) is 18.4. The van der Waals surface area contributed by atoms with Crippen LogP contribution in [-0.2, 0) is 16.1 Å². The molecule has 1 unspecified atom stereocenters. The van der Waals surface area contributed by atoms with Crippen LogP contribution in [0.5, 0.6) is 0 Å². The van der Waals surface area contributed by atoms with Crippen LogP contribution in [-0.4, -0.2) is 47.4 Å². The molecule has 2 aliphatic rings. The summed E-state index contributed by atoms with van der Waals surface area (Å²) in [6, 6.07) is 5.88. The van der Waals surface area contributed by atoms with E-state index < -0.39 is 12.1 Å². The first-order valence-electron chi connectivity index (χ1n) is 9.58. The van der Waals surface area contributed by atoms with Crippen LogP contribution in [0.15, 0.2) is 24.4 Å². The van der Waals surface area contributed by atoms with Crippen LogP contribution >= 0.6 is 0 Å². The van der Waals surface area contributed by atoms with Gasteiger partial charge in [-0.25, -0.2) is 9.78 Å². The minimum absolute atomic E-state index is 0.275. The zero-order valence-electron chi connectivity index (χ0n) is 16.8. The topological polar surface area (TPSA) is 117 Å². The van der Waals surface area contributed by atoms with Gasteiger partial charge in [-0.1, -0.05) is 0 Å². The Labute approximate surface area is 172 Å². The summed E-state index contributed by atoms with van der Waals surface area (Å²) in [4.78, 5) is 17.3. The van der Waals surface area contributed by atoms with Crippen LogP contribution < -0.4 is 26.6 Å². The average molecular weight is 410 g/mol. The fourth-order valence-corrected chi connectivity index (χ4v) is 3.57. The third kappa shape index (κ3) is 3.04. The molecule has 4 bridgehead atoms. The highest BCUT2D eigenvalue weighted by atomic mass is 16.6. The second-order valence-electron chi connectivity index (χ2n) is 7.26. The lowest BCUT2D eigenvalue weighted by molar-refractivity contribution is -0.00150. The van der Waals surface area contributed by atoms with E-state index in [-0.39, 0.29) is 12.2 Å². The van der Waals surface area contributed by atoms with Crippen LogP contribution in [0.2, 0.25) is 0 Å². The molecule has 0 aliphatic carbocycles. The van der Waals surface area contributed by atoms with Gasteiger partial charge >= 0.3 is 5.97 Å². The van der Waals surface area contributed by atoms with Gasteiger partial charge in [0.05, 0.1) is 36.5 Å². The summed E-state index contributed by atoms with van der Waals surface area (Å²) < 4.78 is 12.9. The molecular formula is C19H22N8O3. The number of cyclic esters (lactones) is 1. The number of esters is 1. The van der Waals surface area contributed by atoms with Crippen molar-refractivity contribution in [3.63, 3.8) is 0 Å². The number of aromatic nitrogens is 3. The molecule has 3 aromatic rings. The number of hydrogen-bond acceptors (Lipinski definition) is 10. The smallest absolute Gasteiger partial charge is 0.344 e. The van der Waals surface area contributed by atoms with E-state index in [1.807, 2.05) is 30.3 Å². The van der Waals surface area contributed by atoms with E-state index in [0.29, 0.717) is 23.9 Å². The molecule has 4 heterocycles. The van der Waals surface area contributed by atoms with Crippen LogP contribution in [0, 0.1) is 0 Å². The molecule has 2 aliphatic heterocycles. The number of ether oxygens (including phenoxy) is 2. The van der Waals surface area contributed by atoms with Crippen LogP contribution in [0.4, 0.5) is 28.7 Å². The van der Waals surface area contributed by atoms with Crippen molar-refractivity contribution in [1.82, 2.24) is 20.1 Å². The molecule has 0 saturated carbocycles. The van der Waals surface area contributed by atoms with Crippen molar-refractivity contribution >= 4 is 40.3 Å². The molecule has 1 aromatic carbocycles. The van der Waals surface area contributed by atoms with E-state index in [1.54, 1.807) is 18.5 Å². The van der Waals surface area contributed by atoms with Crippen molar-refractivity contribution in [2.75, 3.05) is 41.8 Å². The average Bonchev–Trinajstić information content (AvgIpc) is 3.31. The van der Waals surface area contributed by atoms with E-state index in [4.69, 9.17) is 9.47 Å². The largest absolute Gasteiger partial charge is 0.456 e. The maximum Gasteiger partial charge on any atom is 0.344 e. The molecule has 2 aromatic heterocycles. The molecule has 156 valence electrons. The van der Waals surface area contributed by atoms with Gasteiger partial charge in [-0.3, -0.25) is 10.4 Å². The summed E-state index contributed by atoms with van der Waals surface area (Å²) in [6.07, 6.45) is 1.05. The van der Waals surface area contributed by atoms with Gasteiger partial charge in [-0.05, 0) is 24.6 Å².